The molecule has 6 nitrogen and oxygen atoms in total. The number of carbonyl (C=O) groups excluding carboxylic acids is 2. The monoisotopic (exact) mass is 291 g/mol. The molecule has 0 spiro atoms. The first-order valence-electron chi connectivity index (χ1n) is 6.56. The van der Waals surface area contributed by atoms with Crippen LogP contribution in [0.2, 0.25) is 0 Å². The van der Waals surface area contributed by atoms with Crippen LogP contribution in [0.3, 0.4) is 0 Å². The summed E-state index contributed by atoms with van der Waals surface area (Å²) >= 11 is 0. The van der Waals surface area contributed by atoms with Gasteiger partial charge in [0, 0.05) is 17.9 Å². The molecule has 0 saturated heterocycles. The van der Waals surface area contributed by atoms with E-state index in [9.17, 15) is 9.59 Å². The standard InChI is InChI=1S/C15H21N3O3/c1-5-10-16-13(19)17-11-6-8-12(9-7-11)18-14(20)21-15(2,3)4/h5-9H,1,10H2,2-4H3,(H,18,20)(H2,16,17,19). The van der Waals surface area contributed by atoms with Crippen LogP contribution < -0.4 is 16.0 Å². The summed E-state index contributed by atoms with van der Waals surface area (Å²) in [5.74, 6) is 0. The Morgan fingerprint density at radius 3 is 2.14 bits per heavy atom. The van der Waals surface area contributed by atoms with Gasteiger partial charge in [-0.05, 0) is 45.0 Å². The van der Waals surface area contributed by atoms with Crippen molar-refractivity contribution in [2.45, 2.75) is 26.4 Å². The zero-order chi connectivity index (χ0) is 15.9. The van der Waals surface area contributed by atoms with Crippen LogP contribution in [0.4, 0.5) is 21.0 Å². The second kappa shape index (κ2) is 7.33. The Hall–Kier alpha value is -2.50. The number of benzene rings is 1. The molecule has 1 rings (SSSR count). The van der Waals surface area contributed by atoms with Crippen molar-refractivity contribution in [1.82, 2.24) is 5.32 Å². The van der Waals surface area contributed by atoms with E-state index in [4.69, 9.17) is 4.74 Å². The fourth-order valence-electron chi connectivity index (χ4n) is 1.40. The number of anilines is 2. The highest BCUT2D eigenvalue weighted by atomic mass is 16.6. The van der Waals surface area contributed by atoms with Crippen molar-refractivity contribution in [3.05, 3.63) is 36.9 Å². The fourth-order valence-corrected chi connectivity index (χ4v) is 1.40. The summed E-state index contributed by atoms with van der Waals surface area (Å²) < 4.78 is 5.14. The zero-order valence-electron chi connectivity index (χ0n) is 12.5. The summed E-state index contributed by atoms with van der Waals surface area (Å²) in [5.41, 5.74) is 0.655. The van der Waals surface area contributed by atoms with Gasteiger partial charge in [-0.25, -0.2) is 9.59 Å². The molecular weight excluding hydrogens is 270 g/mol. The lowest BCUT2D eigenvalue weighted by Crippen LogP contribution is -2.28. The van der Waals surface area contributed by atoms with E-state index in [0.717, 1.165) is 0 Å². The Morgan fingerprint density at radius 1 is 1.14 bits per heavy atom. The van der Waals surface area contributed by atoms with Gasteiger partial charge in [0.2, 0.25) is 0 Å². The van der Waals surface area contributed by atoms with Crippen molar-refractivity contribution in [3.8, 4) is 0 Å². The third-order valence-electron chi connectivity index (χ3n) is 2.20. The molecule has 1 aromatic carbocycles. The van der Waals surface area contributed by atoms with E-state index in [0.29, 0.717) is 17.9 Å². The molecule has 3 amide bonds. The van der Waals surface area contributed by atoms with Gasteiger partial charge in [-0.3, -0.25) is 5.32 Å². The van der Waals surface area contributed by atoms with E-state index < -0.39 is 11.7 Å². The number of nitrogens with one attached hydrogen (secondary N) is 3. The minimum Gasteiger partial charge on any atom is -0.444 e. The first-order valence-corrected chi connectivity index (χ1v) is 6.56. The highest BCUT2D eigenvalue weighted by Gasteiger charge is 2.16. The molecule has 3 N–H and O–H groups in total. The minimum atomic E-state index is -0.547. The molecule has 0 bridgehead atoms. The normalized spacial score (nSPS) is 10.4. The van der Waals surface area contributed by atoms with E-state index in [2.05, 4.69) is 22.5 Å². The highest BCUT2D eigenvalue weighted by Crippen LogP contribution is 2.15. The maximum absolute atomic E-state index is 11.6. The molecule has 6 heteroatoms. The zero-order valence-corrected chi connectivity index (χ0v) is 12.5. The van der Waals surface area contributed by atoms with Crippen molar-refractivity contribution in [3.63, 3.8) is 0 Å². The number of rotatable bonds is 4. The summed E-state index contributed by atoms with van der Waals surface area (Å²) in [5, 5.41) is 7.86. The molecule has 0 atom stereocenters. The lowest BCUT2D eigenvalue weighted by Gasteiger charge is -2.19. The minimum absolute atomic E-state index is 0.317. The smallest absolute Gasteiger partial charge is 0.412 e. The Balaban J connectivity index is 2.52. The van der Waals surface area contributed by atoms with Crippen LogP contribution in [0.25, 0.3) is 0 Å². The molecular formula is C15H21N3O3. The molecule has 0 aromatic heterocycles. The van der Waals surface area contributed by atoms with E-state index in [1.807, 2.05) is 0 Å². The second-order valence-electron chi connectivity index (χ2n) is 5.33. The summed E-state index contributed by atoms with van der Waals surface area (Å²) in [6, 6.07) is 6.39. The number of urea groups is 1. The molecule has 0 aliphatic rings. The maximum atomic E-state index is 11.6. The maximum Gasteiger partial charge on any atom is 0.412 e. The molecule has 1 aromatic rings. The number of hydrogen-bond acceptors (Lipinski definition) is 3. The topological polar surface area (TPSA) is 79.5 Å². The summed E-state index contributed by atoms with van der Waals surface area (Å²) in [4.78, 5) is 23.0. The predicted octanol–water partition coefficient (Wildman–Crippen LogP) is 3.34. The Morgan fingerprint density at radius 2 is 1.67 bits per heavy atom. The van der Waals surface area contributed by atoms with Gasteiger partial charge in [0.15, 0.2) is 0 Å². The molecule has 0 saturated carbocycles. The molecule has 21 heavy (non-hydrogen) atoms. The largest absolute Gasteiger partial charge is 0.444 e. The highest BCUT2D eigenvalue weighted by molar-refractivity contribution is 5.90. The van der Waals surface area contributed by atoms with Crippen LogP contribution in [0, 0.1) is 0 Å². The van der Waals surface area contributed by atoms with Crippen LogP contribution in [-0.2, 0) is 4.74 Å². The van der Waals surface area contributed by atoms with Crippen LogP contribution in [-0.4, -0.2) is 24.3 Å². The number of ether oxygens (including phenoxy) is 1. The van der Waals surface area contributed by atoms with Crippen LogP contribution in [0.5, 0.6) is 0 Å². The van der Waals surface area contributed by atoms with E-state index >= 15 is 0 Å². The van der Waals surface area contributed by atoms with Crippen LogP contribution >= 0.6 is 0 Å². The van der Waals surface area contributed by atoms with Crippen LogP contribution in [0.15, 0.2) is 36.9 Å². The van der Waals surface area contributed by atoms with Gasteiger partial charge in [-0.15, -0.1) is 6.58 Å². The van der Waals surface area contributed by atoms with Gasteiger partial charge in [0.25, 0.3) is 0 Å². The SMILES string of the molecule is C=CCNC(=O)Nc1ccc(NC(=O)OC(C)(C)C)cc1. The molecule has 0 fully saturated rings. The fraction of sp³-hybridized carbons (Fsp3) is 0.333. The third-order valence-corrected chi connectivity index (χ3v) is 2.20. The van der Waals surface area contributed by atoms with Crippen molar-refractivity contribution in [1.29, 1.82) is 0 Å². The van der Waals surface area contributed by atoms with Gasteiger partial charge in [0.1, 0.15) is 5.60 Å². The van der Waals surface area contributed by atoms with Crippen LogP contribution in [0.1, 0.15) is 20.8 Å². The Labute approximate surface area is 124 Å². The average Bonchev–Trinajstić information content (AvgIpc) is 2.36. The molecule has 114 valence electrons. The predicted molar refractivity (Wildman–Crippen MR) is 83.5 cm³/mol. The van der Waals surface area contributed by atoms with Crippen molar-refractivity contribution >= 4 is 23.5 Å². The average molecular weight is 291 g/mol. The van der Waals surface area contributed by atoms with Gasteiger partial charge in [-0.1, -0.05) is 6.08 Å². The summed E-state index contributed by atoms with van der Waals surface area (Å²) in [6.45, 7) is 9.28. The first-order chi connectivity index (χ1) is 9.80. The third kappa shape index (κ3) is 7.00. The van der Waals surface area contributed by atoms with E-state index in [1.54, 1.807) is 51.1 Å². The van der Waals surface area contributed by atoms with Crippen molar-refractivity contribution < 1.29 is 14.3 Å². The summed E-state index contributed by atoms with van der Waals surface area (Å²) in [7, 11) is 0. The number of carbonyl (C=O) groups is 2. The second-order valence-corrected chi connectivity index (χ2v) is 5.33. The van der Waals surface area contributed by atoms with Gasteiger partial charge in [0.05, 0.1) is 0 Å². The quantitative estimate of drug-likeness (QED) is 0.744. The number of hydrogen-bond donors (Lipinski definition) is 3. The Bertz CT molecular complexity index is 504. The molecule has 0 unspecified atom stereocenters. The lowest BCUT2D eigenvalue weighted by molar-refractivity contribution is 0.0636. The molecule has 0 aliphatic heterocycles. The number of amides is 3. The van der Waals surface area contributed by atoms with Crippen molar-refractivity contribution in [2.24, 2.45) is 0 Å². The first kappa shape index (κ1) is 16.6. The van der Waals surface area contributed by atoms with Crippen molar-refractivity contribution in [2.75, 3.05) is 17.2 Å². The molecule has 0 heterocycles. The Kier molecular flexibility index (Phi) is 5.78. The van der Waals surface area contributed by atoms with Gasteiger partial charge >= 0.3 is 12.1 Å². The molecule has 0 radical (unpaired) electrons. The van der Waals surface area contributed by atoms with E-state index in [1.165, 1.54) is 0 Å². The van der Waals surface area contributed by atoms with Gasteiger partial charge in [-0.2, -0.15) is 0 Å². The van der Waals surface area contributed by atoms with E-state index in [-0.39, 0.29) is 6.03 Å². The molecule has 0 aliphatic carbocycles. The van der Waals surface area contributed by atoms with Gasteiger partial charge < -0.3 is 15.4 Å². The lowest BCUT2D eigenvalue weighted by atomic mass is 10.2. The summed E-state index contributed by atoms with van der Waals surface area (Å²) in [6.07, 6.45) is 1.07.